The molecular weight excluding hydrogens is 266 g/mol. The van der Waals surface area contributed by atoms with Gasteiger partial charge in [0.25, 0.3) is 0 Å². The molecule has 114 valence electrons. The van der Waals surface area contributed by atoms with Crippen LogP contribution in [0.2, 0.25) is 0 Å². The van der Waals surface area contributed by atoms with E-state index in [4.69, 9.17) is 0 Å². The number of aromatic nitrogens is 1. The SMILES string of the molecule is Cn1cc(C(C)(C)C)cc1C1=CC(c2ccccc2)=CCC1. The van der Waals surface area contributed by atoms with Crippen LogP contribution in [-0.2, 0) is 12.5 Å². The predicted molar refractivity (Wildman–Crippen MR) is 95.7 cm³/mol. The van der Waals surface area contributed by atoms with Gasteiger partial charge < -0.3 is 4.57 Å². The molecule has 0 saturated heterocycles. The van der Waals surface area contributed by atoms with Crippen LogP contribution in [0.15, 0.2) is 54.7 Å². The summed E-state index contributed by atoms with van der Waals surface area (Å²) in [6.45, 7) is 6.82. The Morgan fingerprint density at radius 2 is 1.77 bits per heavy atom. The van der Waals surface area contributed by atoms with Crippen molar-refractivity contribution < 1.29 is 0 Å². The van der Waals surface area contributed by atoms with E-state index in [-0.39, 0.29) is 5.41 Å². The molecule has 0 aliphatic heterocycles. The Kier molecular flexibility index (Phi) is 3.82. The highest BCUT2D eigenvalue weighted by Gasteiger charge is 2.19. The summed E-state index contributed by atoms with van der Waals surface area (Å²) in [6, 6.07) is 13.0. The van der Waals surface area contributed by atoms with Crippen molar-refractivity contribution in [2.75, 3.05) is 0 Å². The number of allylic oxidation sites excluding steroid dienone is 4. The van der Waals surface area contributed by atoms with Crippen molar-refractivity contribution in [3.8, 4) is 0 Å². The fraction of sp³-hybridized carbons (Fsp3) is 0.333. The van der Waals surface area contributed by atoms with Gasteiger partial charge in [-0.15, -0.1) is 0 Å². The zero-order valence-corrected chi connectivity index (χ0v) is 14.1. The summed E-state index contributed by atoms with van der Waals surface area (Å²) in [4.78, 5) is 0. The molecule has 0 fully saturated rings. The first kappa shape index (κ1) is 14.9. The zero-order valence-electron chi connectivity index (χ0n) is 14.1. The van der Waals surface area contributed by atoms with Crippen LogP contribution in [-0.4, -0.2) is 4.57 Å². The fourth-order valence-corrected chi connectivity index (χ4v) is 3.03. The second-order valence-corrected chi connectivity index (χ2v) is 7.21. The van der Waals surface area contributed by atoms with Crippen molar-refractivity contribution >= 4 is 11.1 Å². The second-order valence-electron chi connectivity index (χ2n) is 7.21. The first-order valence-electron chi connectivity index (χ1n) is 8.08. The van der Waals surface area contributed by atoms with Crippen LogP contribution in [0.3, 0.4) is 0 Å². The van der Waals surface area contributed by atoms with Gasteiger partial charge >= 0.3 is 0 Å². The average Bonchev–Trinajstić information content (AvgIpc) is 2.90. The Morgan fingerprint density at radius 3 is 2.41 bits per heavy atom. The van der Waals surface area contributed by atoms with Gasteiger partial charge in [-0.3, -0.25) is 0 Å². The van der Waals surface area contributed by atoms with Gasteiger partial charge in [0, 0.05) is 18.9 Å². The third kappa shape index (κ3) is 2.94. The smallest absolute Gasteiger partial charge is 0.0439 e. The molecule has 0 unspecified atom stereocenters. The van der Waals surface area contributed by atoms with E-state index >= 15 is 0 Å². The Bertz CT molecular complexity index is 721. The number of aryl methyl sites for hydroxylation is 1. The summed E-state index contributed by atoms with van der Waals surface area (Å²) < 4.78 is 2.28. The highest BCUT2D eigenvalue weighted by molar-refractivity contribution is 5.85. The predicted octanol–water partition coefficient (Wildman–Crippen LogP) is 5.58. The Balaban J connectivity index is 1.97. The van der Waals surface area contributed by atoms with E-state index in [2.05, 4.69) is 87.1 Å². The van der Waals surface area contributed by atoms with E-state index in [0.29, 0.717) is 0 Å². The molecule has 2 aromatic rings. The molecule has 0 radical (unpaired) electrons. The molecule has 1 aliphatic rings. The van der Waals surface area contributed by atoms with Crippen molar-refractivity contribution in [3.63, 3.8) is 0 Å². The highest BCUT2D eigenvalue weighted by Crippen LogP contribution is 2.33. The molecule has 1 heterocycles. The monoisotopic (exact) mass is 291 g/mol. The molecule has 0 saturated carbocycles. The minimum Gasteiger partial charge on any atom is -0.351 e. The molecule has 0 atom stereocenters. The van der Waals surface area contributed by atoms with Gasteiger partial charge in [0.05, 0.1) is 0 Å². The number of hydrogen-bond acceptors (Lipinski definition) is 0. The first-order valence-corrected chi connectivity index (χ1v) is 8.08. The van der Waals surface area contributed by atoms with Gasteiger partial charge in [0.15, 0.2) is 0 Å². The van der Waals surface area contributed by atoms with Crippen LogP contribution < -0.4 is 0 Å². The normalized spacial score (nSPS) is 15.5. The Hall–Kier alpha value is -2.02. The zero-order chi connectivity index (χ0) is 15.7. The average molecular weight is 291 g/mol. The lowest BCUT2D eigenvalue weighted by molar-refractivity contribution is 0.589. The molecule has 0 N–H and O–H groups in total. The summed E-state index contributed by atoms with van der Waals surface area (Å²) >= 11 is 0. The molecule has 0 spiro atoms. The van der Waals surface area contributed by atoms with Crippen LogP contribution in [0.25, 0.3) is 11.1 Å². The molecule has 1 aromatic carbocycles. The van der Waals surface area contributed by atoms with E-state index in [1.165, 1.54) is 28.0 Å². The van der Waals surface area contributed by atoms with Gasteiger partial charge in [-0.2, -0.15) is 0 Å². The molecule has 3 rings (SSSR count). The van der Waals surface area contributed by atoms with E-state index in [9.17, 15) is 0 Å². The van der Waals surface area contributed by atoms with Gasteiger partial charge in [-0.1, -0.05) is 57.2 Å². The van der Waals surface area contributed by atoms with Crippen molar-refractivity contribution in [1.82, 2.24) is 4.57 Å². The van der Waals surface area contributed by atoms with Gasteiger partial charge in [0.2, 0.25) is 0 Å². The van der Waals surface area contributed by atoms with Gasteiger partial charge in [0.1, 0.15) is 0 Å². The van der Waals surface area contributed by atoms with Gasteiger partial charge in [-0.25, -0.2) is 0 Å². The number of hydrogen-bond donors (Lipinski definition) is 0. The topological polar surface area (TPSA) is 4.93 Å². The molecular formula is C21H25N. The lowest BCUT2D eigenvalue weighted by atomic mass is 9.88. The first-order chi connectivity index (χ1) is 10.4. The summed E-state index contributed by atoms with van der Waals surface area (Å²) in [5, 5.41) is 0. The van der Waals surface area contributed by atoms with Crippen molar-refractivity contribution in [2.24, 2.45) is 7.05 Å². The fourth-order valence-electron chi connectivity index (χ4n) is 3.03. The van der Waals surface area contributed by atoms with Crippen molar-refractivity contribution in [2.45, 2.75) is 39.0 Å². The summed E-state index contributed by atoms with van der Waals surface area (Å²) in [7, 11) is 2.16. The Morgan fingerprint density at radius 1 is 1.05 bits per heavy atom. The van der Waals surface area contributed by atoms with Crippen molar-refractivity contribution in [3.05, 3.63) is 71.6 Å². The summed E-state index contributed by atoms with van der Waals surface area (Å²) in [6.07, 6.45) is 9.23. The van der Waals surface area contributed by atoms with Crippen LogP contribution in [0.5, 0.6) is 0 Å². The van der Waals surface area contributed by atoms with Crippen LogP contribution >= 0.6 is 0 Å². The summed E-state index contributed by atoms with van der Waals surface area (Å²) in [5.41, 5.74) is 7.06. The van der Waals surface area contributed by atoms with Crippen LogP contribution in [0.4, 0.5) is 0 Å². The molecule has 1 aliphatic carbocycles. The minimum atomic E-state index is 0.198. The highest BCUT2D eigenvalue weighted by atomic mass is 14.9. The number of benzene rings is 1. The molecule has 1 nitrogen and oxygen atoms in total. The third-order valence-corrected chi connectivity index (χ3v) is 4.41. The molecule has 22 heavy (non-hydrogen) atoms. The van der Waals surface area contributed by atoms with Crippen LogP contribution in [0.1, 0.15) is 50.4 Å². The van der Waals surface area contributed by atoms with Crippen molar-refractivity contribution in [1.29, 1.82) is 0 Å². The second kappa shape index (κ2) is 5.64. The summed E-state index contributed by atoms with van der Waals surface area (Å²) in [5.74, 6) is 0. The maximum atomic E-state index is 2.36. The number of nitrogens with zero attached hydrogens (tertiary/aromatic N) is 1. The largest absolute Gasteiger partial charge is 0.351 e. The maximum Gasteiger partial charge on any atom is 0.0439 e. The molecule has 1 heteroatoms. The molecule has 0 amide bonds. The maximum absolute atomic E-state index is 2.36. The Labute approximate surface area is 134 Å². The number of rotatable bonds is 2. The lowest BCUT2D eigenvalue weighted by Gasteiger charge is -2.16. The van der Waals surface area contributed by atoms with Gasteiger partial charge in [-0.05, 0) is 52.7 Å². The van der Waals surface area contributed by atoms with E-state index < -0.39 is 0 Å². The quantitative estimate of drug-likeness (QED) is 0.680. The molecule has 0 bridgehead atoms. The molecule has 1 aromatic heterocycles. The standard InChI is InChI=1S/C21H25N/c1-21(2,3)19-14-20(22(4)15-19)18-12-8-11-17(13-18)16-9-6-5-7-10-16/h5-7,9-11,13-15H,8,12H2,1-4H3. The van der Waals surface area contributed by atoms with E-state index in [1.54, 1.807) is 0 Å². The van der Waals surface area contributed by atoms with E-state index in [1.807, 2.05) is 0 Å². The minimum absolute atomic E-state index is 0.198. The van der Waals surface area contributed by atoms with E-state index in [0.717, 1.165) is 12.8 Å². The lowest BCUT2D eigenvalue weighted by Crippen LogP contribution is -2.09. The van der Waals surface area contributed by atoms with Crippen LogP contribution in [0, 0.1) is 0 Å². The third-order valence-electron chi connectivity index (χ3n) is 4.41.